The topological polar surface area (TPSA) is 56.1 Å². The van der Waals surface area contributed by atoms with Gasteiger partial charge in [-0.15, -0.1) is 0 Å². The van der Waals surface area contributed by atoms with Crippen molar-refractivity contribution < 1.29 is 4.79 Å². The fourth-order valence-corrected chi connectivity index (χ4v) is 2.77. The van der Waals surface area contributed by atoms with Gasteiger partial charge in [0.15, 0.2) is 0 Å². The first kappa shape index (κ1) is 17.6. The van der Waals surface area contributed by atoms with Gasteiger partial charge in [0.05, 0.1) is 0 Å². The van der Waals surface area contributed by atoms with Crippen LogP contribution in [0.15, 0.2) is 11.8 Å². The van der Waals surface area contributed by atoms with Crippen molar-refractivity contribution in [3.05, 3.63) is 11.8 Å². The second kappa shape index (κ2) is 8.71. The molecule has 1 rings (SSSR count). The number of rotatable bonds is 7. The third-order valence-corrected chi connectivity index (χ3v) is 3.57. The zero-order chi connectivity index (χ0) is 15.8. The first-order chi connectivity index (χ1) is 9.92. The molecule has 1 N–H and O–H groups in total. The maximum absolute atomic E-state index is 12.2. The van der Waals surface area contributed by atoms with Gasteiger partial charge in [-0.05, 0) is 24.7 Å². The van der Waals surface area contributed by atoms with Crippen molar-refractivity contribution >= 4 is 5.91 Å². The average molecular weight is 291 g/mol. The van der Waals surface area contributed by atoms with Crippen molar-refractivity contribution in [2.45, 2.75) is 59.4 Å². The number of carbonyl (C=O) groups is 1. The Morgan fingerprint density at radius 1 is 1.24 bits per heavy atom. The summed E-state index contributed by atoms with van der Waals surface area (Å²) in [5.41, 5.74) is 0.225. The lowest BCUT2D eigenvalue weighted by Gasteiger charge is -2.25. The van der Waals surface area contributed by atoms with Gasteiger partial charge in [0.1, 0.15) is 11.6 Å². The van der Waals surface area contributed by atoms with E-state index in [4.69, 9.17) is 0 Å². The highest BCUT2D eigenvalue weighted by Gasteiger charge is 2.20. The average Bonchev–Trinajstić information content (AvgIpc) is 2.86. The molecule has 0 aromatic rings. The molecule has 4 nitrogen and oxygen atoms in total. The van der Waals surface area contributed by atoms with Crippen LogP contribution in [0.25, 0.3) is 0 Å². The van der Waals surface area contributed by atoms with Gasteiger partial charge in [-0.2, -0.15) is 5.26 Å². The van der Waals surface area contributed by atoms with Crippen molar-refractivity contribution in [2.24, 2.45) is 11.8 Å². The third-order valence-electron chi connectivity index (χ3n) is 3.57. The van der Waals surface area contributed by atoms with E-state index in [1.165, 1.54) is 12.8 Å². The lowest BCUT2D eigenvalue weighted by molar-refractivity contribution is -0.117. The molecule has 0 aromatic heterocycles. The number of nitrogens with one attached hydrogen (secondary N) is 1. The van der Waals surface area contributed by atoms with Crippen LogP contribution in [0.1, 0.15) is 53.4 Å². The SMILES string of the molecule is CC(C)CN(/C=C(/C#N)C(=O)NC1CCCC1)CC(C)C. The molecule has 1 amide bonds. The van der Waals surface area contributed by atoms with Crippen molar-refractivity contribution in [3.8, 4) is 6.07 Å². The van der Waals surface area contributed by atoms with E-state index in [0.717, 1.165) is 25.9 Å². The molecule has 1 aliphatic rings. The molecule has 0 unspecified atom stereocenters. The van der Waals surface area contributed by atoms with E-state index in [0.29, 0.717) is 11.8 Å². The van der Waals surface area contributed by atoms with Crippen molar-refractivity contribution in [1.29, 1.82) is 5.26 Å². The lowest BCUT2D eigenvalue weighted by atomic mass is 10.1. The van der Waals surface area contributed by atoms with Gasteiger partial charge in [0.2, 0.25) is 0 Å². The molecule has 118 valence electrons. The molecule has 21 heavy (non-hydrogen) atoms. The summed E-state index contributed by atoms with van der Waals surface area (Å²) in [7, 11) is 0. The van der Waals surface area contributed by atoms with E-state index in [1.54, 1.807) is 6.20 Å². The van der Waals surface area contributed by atoms with E-state index in [9.17, 15) is 10.1 Å². The molecule has 0 saturated heterocycles. The molecule has 0 bridgehead atoms. The lowest BCUT2D eigenvalue weighted by Crippen LogP contribution is -2.35. The first-order valence-electron chi connectivity index (χ1n) is 8.09. The highest BCUT2D eigenvalue weighted by atomic mass is 16.1. The highest BCUT2D eigenvalue weighted by molar-refractivity contribution is 5.97. The maximum Gasteiger partial charge on any atom is 0.263 e. The van der Waals surface area contributed by atoms with Gasteiger partial charge in [-0.25, -0.2) is 0 Å². The minimum Gasteiger partial charge on any atom is -0.376 e. The number of hydrogen-bond donors (Lipinski definition) is 1. The Morgan fingerprint density at radius 2 is 1.76 bits per heavy atom. The molecule has 1 saturated carbocycles. The standard InChI is InChI=1S/C17H29N3O/c1-13(2)10-20(11-14(3)4)12-15(9-18)17(21)19-16-7-5-6-8-16/h12-14,16H,5-8,10-11H2,1-4H3,(H,19,21)/b15-12-. The van der Waals surface area contributed by atoms with Gasteiger partial charge in [-0.1, -0.05) is 40.5 Å². The quantitative estimate of drug-likeness (QED) is 0.579. The van der Waals surface area contributed by atoms with Crippen LogP contribution in [0, 0.1) is 23.2 Å². The van der Waals surface area contributed by atoms with Crippen LogP contribution in [0.4, 0.5) is 0 Å². The summed E-state index contributed by atoms with van der Waals surface area (Å²) in [5, 5.41) is 12.3. The summed E-state index contributed by atoms with van der Waals surface area (Å²) < 4.78 is 0. The molecule has 0 heterocycles. The predicted molar refractivity (Wildman–Crippen MR) is 85.3 cm³/mol. The maximum atomic E-state index is 12.2. The number of carbonyl (C=O) groups excluding carboxylic acids is 1. The zero-order valence-electron chi connectivity index (χ0n) is 13.9. The molecule has 0 radical (unpaired) electrons. The third kappa shape index (κ3) is 6.66. The van der Waals surface area contributed by atoms with Crippen LogP contribution in [-0.2, 0) is 4.79 Å². The molecule has 1 fully saturated rings. The van der Waals surface area contributed by atoms with Gasteiger partial charge in [0, 0.05) is 25.3 Å². The van der Waals surface area contributed by atoms with E-state index in [1.807, 2.05) is 0 Å². The first-order valence-corrected chi connectivity index (χ1v) is 8.09. The van der Waals surface area contributed by atoms with E-state index < -0.39 is 0 Å². The fraction of sp³-hybridized carbons (Fsp3) is 0.765. The predicted octanol–water partition coefficient (Wildman–Crippen LogP) is 3.07. The molecule has 0 aromatic carbocycles. The normalized spacial score (nSPS) is 16.3. The van der Waals surface area contributed by atoms with E-state index >= 15 is 0 Å². The highest BCUT2D eigenvalue weighted by Crippen LogP contribution is 2.18. The minimum absolute atomic E-state index is 0.220. The molecular formula is C17H29N3O. The zero-order valence-corrected chi connectivity index (χ0v) is 13.9. The van der Waals surface area contributed by atoms with Crippen LogP contribution >= 0.6 is 0 Å². The summed E-state index contributed by atoms with van der Waals surface area (Å²) >= 11 is 0. The summed E-state index contributed by atoms with van der Waals surface area (Å²) in [6, 6.07) is 2.31. The van der Waals surface area contributed by atoms with Crippen LogP contribution < -0.4 is 5.32 Å². The number of nitrogens with zero attached hydrogens (tertiary/aromatic N) is 2. The number of amides is 1. The largest absolute Gasteiger partial charge is 0.376 e. The van der Waals surface area contributed by atoms with Crippen molar-refractivity contribution in [1.82, 2.24) is 10.2 Å². The van der Waals surface area contributed by atoms with Crippen LogP contribution in [0.2, 0.25) is 0 Å². The monoisotopic (exact) mass is 291 g/mol. The Labute approximate surface area is 129 Å². The minimum atomic E-state index is -0.220. The molecule has 0 atom stereocenters. The summed E-state index contributed by atoms with van der Waals surface area (Å²) in [5.74, 6) is 0.776. The molecule has 0 aliphatic heterocycles. The van der Waals surface area contributed by atoms with Crippen molar-refractivity contribution in [2.75, 3.05) is 13.1 Å². The van der Waals surface area contributed by atoms with Gasteiger partial charge >= 0.3 is 0 Å². The molecule has 1 aliphatic carbocycles. The molecular weight excluding hydrogens is 262 g/mol. The Morgan fingerprint density at radius 3 is 2.19 bits per heavy atom. The molecule has 0 spiro atoms. The molecule has 4 heteroatoms. The van der Waals surface area contributed by atoms with Gasteiger partial charge in [-0.3, -0.25) is 4.79 Å². The Kier molecular flexibility index (Phi) is 7.28. The van der Waals surface area contributed by atoms with Gasteiger partial charge in [0.25, 0.3) is 5.91 Å². The number of hydrogen-bond acceptors (Lipinski definition) is 3. The van der Waals surface area contributed by atoms with Crippen LogP contribution in [-0.4, -0.2) is 29.9 Å². The number of nitriles is 1. The van der Waals surface area contributed by atoms with Crippen LogP contribution in [0.3, 0.4) is 0 Å². The summed E-state index contributed by atoms with van der Waals surface area (Å²) in [6.07, 6.45) is 6.15. The van der Waals surface area contributed by atoms with Gasteiger partial charge < -0.3 is 10.2 Å². The summed E-state index contributed by atoms with van der Waals surface area (Å²) in [4.78, 5) is 14.3. The fourth-order valence-electron chi connectivity index (χ4n) is 2.77. The summed E-state index contributed by atoms with van der Waals surface area (Å²) in [6.45, 7) is 10.3. The Bertz CT molecular complexity index is 391. The Hall–Kier alpha value is -1.50. The van der Waals surface area contributed by atoms with E-state index in [2.05, 4.69) is 44.0 Å². The Balaban J connectivity index is 2.72. The second-order valence-electron chi connectivity index (χ2n) is 6.85. The second-order valence-corrected chi connectivity index (χ2v) is 6.85. The van der Waals surface area contributed by atoms with Crippen LogP contribution in [0.5, 0.6) is 0 Å². The van der Waals surface area contributed by atoms with E-state index in [-0.39, 0.29) is 17.5 Å². The van der Waals surface area contributed by atoms with Crippen molar-refractivity contribution in [3.63, 3.8) is 0 Å². The smallest absolute Gasteiger partial charge is 0.263 e.